The molecule has 0 aliphatic rings. The van der Waals surface area contributed by atoms with Crippen LogP contribution in [0.25, 0.3) is 0 Å². The van der Waals surface area contributed by atoms with Gasteiger partial charge in [0, 0.05) is 12.6 Å². The molecule has 0 spiro atoms. The third-order valence-electron chi connectivity index (χ3n) is 2.00. The number of halogens is 3. The molecule has 0 aliphatic heterocycles. The SMILES string of the molecule is Fc1cccc(Cc2ncc(I)c(Cl)n2)c1. The molecule has 1 aromatic carbocycles. The molecule has 0 saturated heterocycles. The number of benzene rings is 1. The average Bonchev–Trinajstić information content (AvgIpc) is 2.24. The van der Waals surface area contributed by atoms with Gasteiger partial charge in [0.2, 0.25) is 0 Å². The van der Waals surface area contributed by atoms with Gasteiger partial charge in [0.05, 0.1) is 3.57 Å². The highest BCUT2D eigenvalue weighted by molar-refractivity contribution is 14.1. The van der Waals surface area contributed by atoms with E-state index < -0.39 is 0 Å². The van der Waals surface area contributed by atoms with E-state index in [1.54, 1.807) is 12.3 Å². The number of hydrogen-bond donors (Lipinski definition) is 0. The van der Waals surface area contributed by atoms with Crippen molar-refractivity contribution in [2.75, 3.05) is 0 Å². The monoisotopic (exact) mass is 348 g/mol. The minimum Gasteiger partial charge on any atom is -0.240 e. The summed E-state index contributed by atoms with van der Waals surface area (Å²) in [5, 5.41) is 0.432. The summed E-state index contributed by atoms with van der Waals surface area (Å²) >= 11 is 7.94. The quantitative estimate of drug-likeness (QED) is 0.613. The molecule has 2 aromatic rings. The molecule has 2 rings (SSSR count). The Morgan fingerprint density at radius 1 is 1.38 bits per heavy atom. The number of aromatic nitrogens is 2. The van der Waals surface area contributed by atoms with Crippen molar-refractivity contribution in [3.8, 4) is 0 Å². The van der Waals surface area contributed by atoms with Crippen molar-refractivity contribution in [1.29, 1.82) is 0 Å². The second-order valence-corrected chi connectivity index (χ2v) is 4.75. The zero-order valence-electron chi connectivity index (χ0n) is 8.12. The molecule has 0 aliphatic carbocycles. The maximum absolute atomic E-state index is 12.9. The average molecular weight is 349 g/mol. The summed E-state index contributed by atoms with van der Waals surface area (Å²) < 4.78 is 13.8. The Morgan fingerprint density at radius 2 is 2.19 bits per heavy atom. The van der Waals surface area contributed by atoms with Crippen molar-refractivity contribution >= 4 is 34.2 Å². The van der Waals surface area contributed by atoms with E-state index in [4.69, 9.17) is 11.6 Å². The lowest BCUT2D eigenvalue weighted by Crippen LogP contribution is -1.98. The number of hydrogen-bond acceptors (Lipinski definition) is 2. The molecule has 82 valence electrons. The van der Waals surface area contributed by atoms with E-state index in [1.165, 1.54) is 12.1 Å². The summed E-state index contributed by atoms with van der Waals surface area (Å²) in [6, 6.07) is 6.37. The Bertz CT molecular complexity index is 519. The van der Waals surface area contributed by atoms with Crippen LogP contribution in [0.3, 0.4) is 0 Å². The van der Waals surface area contributed by atoms with Crippen LogP contribution in [0.1, 0.15) is 11.4 Å². The van der Waals surface area contributed by atoms with E-state index in [0.29, 0.717) is 17.4 Å². The molecular formula is C11H7ClFIN2. The molecule has 0 atom stereocenters. The zero-order chi connectivity index (χ0) is 11.5. The first kappa shape index (κ1) is 11.7. The van der Waals surface area contributed by atoms with Crippen molar-refractivity contribution in [3.63, 3.8) is 0 Å². The van der Waals surface area contributed by atoms with Gasteiger partial charge in [-0.15, -0.1) is 0 Å². The van der Waals surface area contributed by atoms with Gasteiger partial charge in [-0.05, 0) is 40.3 Å². The molecule has 0 bridgehead atoms. The van der Waals surface area contributed by atoms with E-state index in [0.717, 1.165) is 9.13 Å². The summed E-state index contributed by atoms with van der Waals surface area (Å²) in [7, 11) is 0. The van der Waals surface area contributed by atoms with Crippen molar-refractivity contribution < 1.29 is 4.39 Å². The van der Waals surface area contributed by atoms with Crippen LogP contribution in [0.4, 0.5) is 4.39 Å². The highest BCUT2D eigenvalue weighted by atomic mass is 127. The Balaban J connectivity index is 2.24. The van der Waals surface area contributed by atoms with Gasteiger partial charge in [0.15, 0.2) is 0 Å². The van der Waals surface area contributed by atoms with E-state index in [1.807, 2.05) is 6.07 Å². The molecule has 1 heterocycles. The normalized spacial score (nSPS) is 10.4. The smallest absolute Gasteiger partial charge is 0.146 e. The molecule has 0 saturated carbocycles. The lowest BCUT2D eigenvalue weighted by Gasteiger charge is -2.02. The molecule has 0 amide bonds. The first-order chi connectivity index (χ1) is 7.65. The van der Waals surface area contributed by atoms with Crippen LogP contribution in [0.15, 0.2) is 30.5 Å². The van der Waals surface area contributed by atoms with Gasteiger partial charge in [0.25, 0.3) is 0 Å². The number of rotatable bonds is 2. The molecule has 0 fully saturated rings. The Labute approximate surface area is 111 Å². The van der Waals surface area contributed by atoms with Crippen LogP contribution < -0.4 is 0 Å². The highest BCUT2D eigenvalue weighted by Gasteiger charge is 2.04. The van der Waals surface area contributed by atoms with Crippen LogP contribution in [-0.4, -0.2) is 9.97 Å². The summed E-state index contributed by atoms with van der Waals surface area (Å²) in [5.41, 5.74) is 0.831. The Morgan fingerprint density at radius 3 is 2.88 bits per heavy atom. The van der Waals surface area contributed by atoms with Crippen molar-refractivity contribution in [2.24, 2.45) is 0 Å². The van der Waals surface area contributed by atoms with E-state index in [2.05, 4.69) is 32.6 Å². The van der Waals surface area contributed by atoms with Gasteiger partial charge in [-0.2, -0.15) is 0 Å². The molecule has 16 heavy (non-hydrogen) atoms. The van der Waals surface area contributed by atoms with E-state index >= 15 is 0 Å². The van der Waals surface area contributed by atoms with Crippen molar-refractivity contribution in [3.05, 3.63) is 56.4 Å². The lowest BCUT2D eigenvalue weighted by molar-refractivity contribution is 0.626. The summed E-state index contributed by atoms with van der Waals surface area (Å²) in [5.74, 6) is 0.338. The van der Waals surface area contributed by atoms with E-state index in [9.17, 15) is 4.39 Å². The molecule has 1 aromatic heterocycles. The molecule has 0 N–H and O–H groups in total. The van der Waals surface area contributed by atoms with Crippen LogP contribution in [0, 0.1) is 9.39 Å². The minimum atomic E-state index is -0.255. The van der Waals surface area contributed by atoms with Gasteiger partial charge >= 0.3 is 0 Å². The van der Waals surface area contributed by atoms with Gasteiger partial charge in [-0.1, -0.05) is 23.7 Å². The van der Waals surface area contributed by atoms with Gasteiger partial charge in [0.1, 0.15) is 16.8 Å². The predicted molar refractivity (Wildman–Crippen MR) is 69.0 cm³/mol. The molecule has 2 nitrogen and oxygen atoms in total. The topological polar surface area (TPSA) is 25.8 Å². The largest absolute Gasteiger partial charge is 0.240 e. The third kappa shape index (κ3) is 2.89. The minimum absolute atomic E-state index is 0.255. The van der Waals surface area contributed by atoms with Crippen LogP contribution >= 0.6 is 34.2 Å². The van der Waals surface area contributed by atoms with Crippen LogP contribution in [0.2, 0.25) is 5.15 Å². The summed E-state index contributed by atoms with van der Waals surface area (Å²) in [4.78, 5) is 8.26. The second-order valence-electron chi connectivity index (χ2n) is 3.23. The van der Waals surface area contributed by atoms with Gasteiger partial charge in [-0.25, -0.2) is 14.4 Å². The maximum atomic E-state index is 12.9. The van der Waals surface area contributed by atoms with Gasteiger partial charge < -0.3 is 0 Å². The van der Waals surface area contributed by atoms with Crippen molar-refractivity contribution in [2.45, 2.75) is 6.42 Å². The van der Waals surface area contributed by atoms with E-state index in [-0.39, 0.29) is 5.82 Å². The second kappa shape index (κ2) is 5.05. The fraction of sp³-hybridized carbons (Fsp3) is 0.0909. The maximum Gasteiger partial charge on any atom is 0.146 e. The molecule has 0 radical (unpaired) electrons. The van der Waals surface area contributed by atoms with Gasteiger partial charge in [-0.3, -0.25) is 0 Å². The fourth-order valence-electron chi connectivity index (χ4n) is 1.29. The van der Waals surface area contributed by atoms with Crippen LogP contribution in [0.5, 0.6) is 0 Å². The predicted octanol–water partition coefficient (Wildman–Crippen LogP) is 3.46. The first-order valence-electron chi connectivity index (χ1n) is 4.56. The van der Waals surface area contributed by atoms with Crippen LogP contribution in [-0.2, 0) is 6.42 Å². The first-order valence-corrected chi connectivity index (χ1v) is 6.02. The fourth-order valence-corrected chi connectivity index (χ4v) is 1.70. The van der Waals surface area contributed by atoms with Crippen molar-refractivity contribution in [1.82, 2.24) is 9.97 Å². The summed E-state index contributed by atoms with van der Waals surface area (Å²) in [6.45, 7) is 0. The highest BCUT2D eigenvalue weighted by Crippen LogP contribution is 2.15. The Hall–Kier alpha value is -0.750. The summed E-state index contributed by atoms with van der Waals surface area (Å²) in [6.07, 6.45) is 2.14. The number of nitrogens with zero attached hydrogens (tertiary/aromatic N) is 2. The molecule has 5 heteroatoms. The lowest BCUT2D eigenvalue weighted by atomic mass is 10.1. The standard InChI is InChI=1S/C11H7ClFIN2/c12-11-9(14)6-15-10(16-11)5-7-2-1-3-8(13)4-7/h1-4,6H,5H2. The Kier molecular flexibility index (Phi) is 3.70. The molecule has 0 unspecified atom stereocenters. The zero-order valence-corrected chi connectivity index (χ0v) is 11.0. The molecular weight excluding hydrogens is 341 g/mol. The third-order valence-corrected chi connectivity index (χ3v) is 3.40.